The van der Waals surface area contributed by atoms with E-state index in [0.29, 0.717) is 39.3 Å². The van der Waals surface area contributed by atoms with Crippen LogP contribution in [-0.2, 0) is 14.2 Å². The molecule has 137 heavy (non-hydrogen) atoms. The Morgan fingerprint density at radius 2 is 0.533 bits per heavy atom. The Labute approximate surface area is 814 Å². The van der Waals surface area contributed by atoms with Crippen molar-refractivity contribution in [1.82, 2.24) is 14.7 Å². The molecule has 4 amide bonds. The number of aromatic carboxylic acids is 1. The third-order valence-electron chi connectivity index (χ3n) is 21.6. The van der Waals surface area contributed by atoms with Gasteiger partial charge in [0.05, 0.1) is 56.1 Å². The van der Waals surface area contributed by atoms with Crippen molar-refractivity contribution in [3.8, 4) is 56.0 Å². The number of carboxylic acids is 1. The average Bonchev–Trinajstić information content (AvgIpc) is 0.743. The van der Waals surface area contributed by atoms with E-state index in [-0.39, 0.29) is 51.3 Å². The number of esters is 3. The summed E-state index contributed by atoms with van der Waals surface area (Å²) in [5.41, 5.74) is 12.9. The van der Waals surface area contributed by atoms with E-state index in [2.05, 4.69) is 70.9 Å². The number of aromatic hydroxyl groups is 2. The zero-order chi connectivity index (χ0) is 100. The van der Waals surface area contributed by atoms with Gasteiger partial charge in [-0.15, -0.1) is 0 Å². The molecule has 0 bridgehead atoms. The molecule has 0 radical (unpaired) electrons. The molecule has 25 heteroatoms. The lowest BCUT2D eigenvalue weighted by molar-refractivity contribution is 0.00580. The van der Waals surface area contributed by atoms with Crippen molar-refractivity contribution in [1.29, 1.82) is 0 Å². The number of nitrogens with zero attached hydrogens (tertiary/aromatic N) is 6. The van der Waals surface area contributed by atoms with Gasteiger partial charge in [-0.2, -0.15) is 0 Å². The minimum Gasteiger partial charge on any atom is -0.507 e. The van der Waals surface area contributed by atoms with Crippen LogP contribution in [0, 0.1) is 13.8 Å². The molecule has 12 aromatic rings. The van der Waals surface area contributed by atoms with Crippen molar-refractivity contribution >= 4 is 103 Å². The molecule has 0 atom stereocenters. The van der Waals surface area contributed by atoms with Crippen molar-refractivity contribution in [3.05, 3.63) is 327 Å². The lowest BCUT2D eigenvalue weighted by Gasteiger charge is -2.22. The van der Waals surface area contributed by atoms with Gasteiger partial charge in [-0.05, 0) is 322 Å². The number of carbonyl (C=O) groups excluding carboxylic acids is 7. The molecule has 12 aromatic carbocycles. The van der Waals surface area contributed by atoms with Crippen molar-refractivity contribution in [2.45, 2.75) is 112 Å². The maximum Gasteiger partial charge on any atom is 0.340 e. The SMILES string of the molecule is CN(C)CCCN(C)c1ccc(O)c(C(=O)Nc2cc(-c3ccccc3)ccc2C(=O)O)c1.CN(C)CCCN(C)c1ccc(O)c(C(=O)Nc2cc(-c3ccccc3)ccc2C(=O)OC(C)(C)C)c1.Cc1ccc(Br)cc1C(=O)Nc1cc(-c2ccccc2)ccc1C(=O)OC(C)(C)C.Cc1ccc(N(C)CCCN(C)C)cc1C(=O)Nc1cc(-c2ccccc2)ccc1C(=O)OC(C)(C)C. The van der Waals surface area contributed by atoms with E-state index in [1.165, 1.54) is 18.2 Å². The van der Waals surface area contributed by atoms with Gasteiger partial charge in [-0.3, -0.25) is 19.2 Å². The van der Waals surface area contributed by atoms with Gasteiger partial charge in [0.1, 0.15) is 28.3 Å². The molecule has 0 unspecified atom stereocenters. The van der Waals surface area contributed by atoms with E-state index >= 15 is 0 Å². The average molecular weight is 1920 g/mol. The Morgan fingerprint density at radius 3 is 0.810 bits per heavy atom. The van der Waals surface area contributed by atoms with Crippen molar-refractivity contribution < 1.29 is 67.9 Å². The first-order chi connectivity index (χ1) is 64.8. The van der Waals surface area contributed by atoms with Crippen LogP contribution in [0.2, 0.25) is 0 Å². The first kappa shape index (κ1) is 106. The van der Waals surface area contributed by atoms with Gasteiger partial charge < -0.3 is 80.2 Å². The van der Waals surface area contributed by atoms with Gasteiger partial charge in [-0.1, -0.05) is 174 Å². The highest BCUT2D eigenvalue weighted by Crippen LogP contribution is 2.36. The van der Waals surface area contributed by atoms with E-state index < -0.39 is 52.5 Å². The predicted octanol–water partition coefficient (Wildman–Crippen LogP) is 22.9. The summed E-state index contributed by atoms with van der Waals surface area (Å²) < 4.78 is 17.6. The van der Waals surface area contributed by atoms with E-state index in [0.717, 1.165) is 136 Å². The van der Waals surface area contributed by atoms with Crippen LogP contribution in [0.5, 0.6) is 11.5 Å². The number of aryl methyl sites for hydroxylation is 2. The largest absolute Gasteiger partial charge is 0.507 e. The Bertz CT molecular complexity index is 5980. The van der Waals surface area contributed by atoms with Crippen LogP contribution in [-0.4, -0.2) is 197 Å². The predicted molar refractivity (Wildman–Crippen MR) is 557 cm³/mol. The Kier molecular flexibility index (Phi) is 38.3. The number of ether oxygens (including phenoxy) is 3. The summed E-state index contributed by atoms with van der Waals surface area (Å²) in [6, 6.07) is 80.8. The number of phenols is 2. The number of amides is 4. The number of carboxylic acid groups (broad SMARTS) is 1. The number of phenolic OH excluding ortho intramolecular Hbond substituents is 2. The summed E-state index contributed by atoms with van der Waals surface area (Å²) in [6.45, 7) is 25.4. The van der Waals surface area contributed by atoms with Crippen LogP contribution >= 0.6 is 15.9 Å². The summed E-state index contributed by atoms with van der Waals surface area (Å²) in [4.78, 5) is 116. The van der Waals surface area contributed by atoms with Crippen LogP contribution in [0.25, 0.3) is 44.5 Å². The van der Waals surface area contributed by atoms with Gasteiger partial charge in [-0.25, -0.2) is 19.2 Å². The molecule has 0 heterocycles. The zero-order valence-corrected chi connectivity index (χ0v) is 83.7. The fourth-order valence-electron chi connectivity index (χ4n) is 14.4. The molecule has 0 aliphatic carbocycles. The lowest BCUT2D eigenvalue weighted by atomic mass is 10.0. The topological polar surface area (TPSA) is 292 Å². The number of carbonyl (C=O) groups is 8. The molecule has 7 N–H and O–H groups in total. The molecule has 0 aliphatic heterocycles. The molecular formula is C112H129BrN10O14. The number of nitrogens with one attached hydrogen (secondary N) is 4. The fourth-order valence-corrected chi connectivity index (χ4v) is 14.7. The van der Waals surface area contributed by atoms with Crippen LogP contribution < -0.4 is 36.0 Å². The maximum absolute atomic E-state index is 13.5. The molecule has 0 aromatic heterocycles. The molecule has 0 saturated carbocycles. The second-order valence-corrected chi connectivity index (χ2v) is 38.1. The summed E-state index contributed by atoms with van der Waals surface area (Å²) >= 11 is 3.41. The minimum atomic E-state index is -1.15. The first-order valence-corrected chi connectivity index (χ1v) is 46.2. The quantitative estimate of drug-likeness (QED) is 0.0157. The van der Waals surface area contributed by atoms with Crippen LogP contribution in [0.1, 0.15) is 176 Å². The molecule has 0 saturated heterocycles. The minimum absolute atomic E-state index is 0.0283. The Hall–Kier alpha value is -14.2. The summed E-state index contributed by atoms with van der Waals surface area (Å²) in [5, 5.41) is 41.9. The normalized spacial score (nSPS) is 11.2. The van der Waals surface area contributed by atoms with Crippen LogP contribution in [0.4, 0.5) is 39.8 Å². The smallest absolute Gasteiger partial charge is 0.340 e. The number of hydrogen-bond acceptors (Lipinski definition) is 19. The van der Waals surface area contributed by atoms with E-state index in [9.17, 15) is 53.7 Å². The van der Waals surface area contributed by atoms with Gasteiger partial charge in [0, 0.05) is 73.4 Å². The van der Waals surface area contributed by atoms with E-state index in [1.54, 1.807) is 93.6 Å². The van der Waals surface area contributed by atoms with E-state index in [4.69, 9.17) is 14.2 Å². The third kappa shape index (κ3) is 32.8. The Morgan fingerprint density at radius 1 is 0.285 bits per heavy atom. The van der Waals surface area contributed by atoms with Gasteiger partial charge >= 0.3 is 23.9 Å². The highest BCUT2D eigenvalue weighted by molar-refractivity contribution is 9.10. The van der Waals surface area contributed by atoms with Crippen molar-refractivity contribution in [2.24, 2.45) is 0 Å². The van der Waals surface area contributed by atoms with Gasteiger partial charge in [0.25, 0.3) is 23.6 Å². The third-order valence-corrected chi connectivity index (χ3v) is 22.1. The second-order valence-electron chi connectivity index (χ2n) is 37.2. The number of anilines is 7. The Balaban J connectivity index is 0.000000205. The molecule has 718 valence electrons. The standard InChI is InChI=1S/C31H39N3O3.C30H37N3O4.C26H29N3O4.C25H24BrNO3/c1-22-14-16-25(34(7)19-11-18-33(5)6)21-27(22)29(35)32-28-20-24(23-12-9-8-10-13-23)15-17-26(28)30(36)37-31(2,3)4;1-30(2,3)37-29(36)24-15-13-22(21-11-8-7-9-12-21)19-26(24)31-28(35)25-20-23(14-16-27(25)34)33(6)18-10-17-32(4)5;1-28(2)14-7-15-29(3)20-11-13-24(30)22(17-20)25(31)27-23-16-19(10-12-21(23)26(32)33)18-8-5-4-6-9-18;1-16-10-12-19(26)15-21(16)23(28)27-22-14-18(17-8-6-5-7-9-17)11-13-20(22)24(29)30-25(2,3)4/h8-10,12-17,20-21H,11,18-19H2,1-7H3,(H,32,35);7-9,11-16,19-20,34H,10,17-18H2,1-6H3,(H,31,35);4-6,8-13,16-17,30H,7,14-15H2,1-3H3,(H,27,31)(H,32,33);5-15H,1-4H3,(H,27,28). The number of hydrogen-bond donors (Lipinski definition) is 7. The second kappa shape index (κ2) is 49.3. The molecule has 0 aliphatic rings. The number of benzene rings is 12. The summed E-state index contributed by atoms with van der Waals surface area (Å²) in [5.74, 6) is -4.61. The highest BCUT2D eigenvalue weighted by atomic mass is 79.9. The lowest BCUT2D eigenvalue weighted by Crippen LogP contribution is -2.25. The molecular weight excluding hydrogens is 1790 g/mol. The zero-order valence-electron chi connectivity index (χ0n) is 82.2. The van der Waals surface area contributed by atoms with Crippen molar-refractivity contribution in [2.75, 3.05) is 139 Å². The molecule has 0 fully saturated rings. The van der Waals surface area contributed by atoms with Crippen molar-refractivity contribution in [3.63, 3.8) is 0 Å². The molecule has 12 rings (SSSR count). The molecule has 0 spiro atoms. The van der Waals surface area contributed by atoms with Crippen LogP contribution in [0.15, 0.2) is 271 Å². The summed E-state index contributed by atoms with van der Waals surface area (Å²) in [6.07, 6.45) is 2.92. The van der Waals surface area contributed by atoms with Crippen LogP contribution in [0.3, 0.4) is 0 Å². The summed E-state index contributed by atoms with van der Waals surface area (Å²) in [7, 11) is 18.1. The highest BCUT2D eigenvalue weighted by Gasteiger charge is 2.29. The number of rotatable bonds is 31. The number of halogens is 1. The molecule has 24 nitrogen and oxygen atoms in total. The van der Waals surface area contributed by atoms with Gasteiger partial charge in [0.2, 0.25) is 0 Å². The monoisotopic (exact) mass is 1920 g/mol. The van der Waals surface area contributed by atoms with E-state index in [1.807, 2.05) is 290 Å². The first-order valence-electron chi connectivity index (χ1n) is 45.4. The fraction of sp³-hybridized carbons (Fsp3) is 0.286. The maximum atomic E-state index is 13.5. The van der Waals surface area contributed by atoms with Gasteiger partial charge in [0.15, 0.2) is 0 Å².